The monoisotopic (exact) mass is 535 g/mol. The summed E-state index contributed by atoms with van der Waals surface area (Å²) < 4.78 is 30.0. The molecule has 0 fully saturated rings. The normalized spacial score (nSPS) is 13.8. The van der Waals surface area contributed by atoms with E-state index >= 15 is 0 Å². The van der Waals surface area contributed by atoms with Crippen molar-refractivity contribution < 1.29 is 52.7 Å². The number of carbonyl (C=O) groups excluding carboxylic acids is 3. The van der Waals surface area contributed by atoms with Crippen molar-refractivity contribution in [3.63, 3.8) is 0 Å². The van der Waals surface area contributed by atoms with Crippen LogP contribution in [0, 0.1) is 5.92 Å². The van der Waals surface area contributed by atoms with E-state index in [1.165, 1.54) is 18.2 Å². The van der Waals surface area contributed by atoms with E-state index < -0.39 is 54.5 Å². The van der Waals surface area contributed by atoms with E-state index in [0.717, 1.165) is 0 Å². The Morgan fingerprint density at radius 1 is 0.861 bits per heavy atom. The maximum atomic E-state index is 11.9. The van der Waals surface area contributed by atoms with Crippen molar-refractivity contribution in [2.24, 2.45) is 11.7 Å². The van der Waals surface area contributed by atoms with Crippen molar-refractivity contribution in [3.8, 4) is 11.5 Å². The van der Waals surface area contributed by atoms with Crippen molar-refractivity contribution in [3.05, 3.63) is 23.8 Å². The summed E-state index contributed by atoms with van der Waals surface area (Å²) in [5.41, 5.74) is 6.31. The molecule has 0 saturated heterocycles. The minimum absolute atomic E-state index is 0. The molecule has 0 aromatic heterocycles. The van der Waals surface area contributed by atoms with Gasteiger partial charge in [-0.2, -0.15) is 0 Å². The molecular weight excluding hydrogens is 502 g/mol. The molecule has 0 aliphatic rings. The molecule has 3 N–H and O–H groups in total. The molecule has 1 unspecified atom stereocenters. The molecule has 0 aliphatic carbocycles. The van der Waals surface area contributed by atoms with Crippen LogP contribution < -0.4 is 15.2 Å². The number of nitrogens with two attached hydrogens (primary N) is 1. The third kappa shape index (κ3) is 10.2. The standard InChI is InChI=1S/C23H33NO11.ClH/c1-7-30-21(27)34-16-10-9-15(11-17(16)35-22(28)31-8-2)18(19(24)20(25)26)13(5)14(6)33-23(29)32-12(3)4;/h9-14,18-19H,7-8,24H2,1-6H3,(H,25,26);1H/t13-,14+,18?,19-;/m0./s1. The average molecular weight is 536 g/mol. The maximum absolute atomic E-state index is 11.9. The molecule has 204 valence electrons. The molecule has 1 rings (SSSR count). The summed E-state index contributed by atoms with van der Waals surface area (Å²) in [5, 5.41) is 9.61. The number of rotatable bonds is 11. The first-order valence-corrected chi connectivity index (χ1v) is 11.1. The summed E-state index contributed by atoms with van der Waals surface area (Å²) in [6.45, 7) is 9.76. The molecule has 13 heteroatoms. The highest BCUT2D eigenvalue weighted by molar-refractivity contribution is 5.85. The predicted molar refractivity (Wildman–Crippen MR) is 129 cm³/mol. The van der Waals surface area contributed by atoms with Crippen LogP contribution in [-0.4, -0.2) is 61.0 Å². The van der Waals surface area contributed by atoms with Gasteiger partial charge in [0.15, 0.2) is 11.5 Å². The number of hydrogen-bond donors (Lipinski definition) is 2. The second-order valence-electron chi connectivity index (χ2n) is 7.76. The number of ether oxygens (including phenoxy) is 6. The van der Waals surface area contributed by atoms with Gasteiger partial charge in [0, 0.05) is 11.8 Å². The third-order valence-corrected chi connectivity index (χ3v) is 4.86. The minimum Gasteiger partial charge on any atom is -0.480 e. The molecule has 1 aromatic rings. The lowest BCUT2D eigenvalue weighted by molar-refractivity contribution is -0.139. The Bertz CT molecular complexity index is 893. The number of halogens is 1. The number of benzene rings is 1. The lowest BCUT2D eigenvalue weighted by atomic mass is 9.79. The topological polar surface area (TPSA) is 170 Å². The number of carboxylic acids is 1. The van der Waals surface area contributed by atoms with Gasteiger partial charge in [-0.05, 0) is 52.3 Å². The summed E-state index contributed by atoms with van der Waals surface area (Å²) in [4.78, 5) is 47.5. The molecular formula is C23H34ClNO11. The van der Waals surface area contributed by atoms with Crippen molar-refractivity contribution in [1.29, 1.82) is 0 Å². The van der Waals surface area contributed by atoms with Crippen LogP contribution in [0.2, 0.25) is 0 Å². The Hall–Kier alpha value is -3.25. The number of carboxylic acid groups (broad SMARTS) is 1. The first-order valence-electron chi connectivity index (χ1n) is 11.1. The van der Waals surface area contributed by atoms with Gasteiger partial charge in [-0.3, -0.25) is 4.79 Å². The lowest BCUT2D eigenvalue weighted by Crippen LogP contribution is -2.42. The van der Waals surface area contributed by atoms with Gasteiger partial charge in [-0.15, -0.1) is 12.4 Å². The summed E-state index contributed by atoms with van der Waals surface area (Å²) in [5.74, 6) is -3.25. The number of hydrogen-bond acceptors (Lipinski definition) is 11. The van der Waals surface area contributed by atoms with Gasteiger partial charge in [0.05, 0.1) is 19.3 Å². The van der Waals surface area contributed by atoms with E-state index in [-0.39, 0.29) is 37.1 Å². The fourth-order valence-electron chi connectivity index (χ4n) is 3.13. The van der Waals surface area contributed by atoms with Crippen LogP contribution in [-0.2, 0) is 23.7 Å². The molecule has 0 spiro atoms. The highest BCUT2D eigenvalue weighted by Gasteiger charge is 2.36. The van der Waals surface area contributed by atoms with Gasteiger partial charge in [-0.1, -0.05) is 13.0 Å². The van der Waals surface area contributed by atoms with Gasteiger partial charge >= 0.3 is 24.4 Å². The smallest absolute Gasteiger partial charge is 0.480 e. The molecule has 0 amide bonds. The summed E-state index contributed by atoms with van der Waals surface area (Å²) in [6, 6.07) is 2.63. The van der Waals surface area contributed by atoms with Crippen LogP contribution in [0.1, 0.15) is 53.0 Å². The van der Waals surface area contributed by atoms with Crippen molar-refractivity contribution in [1.82, 2.24) is 0 Å². The number of carbonyl (C=O) groups is 4. The van der Waals surface area contributed by atoms with E-state index in [1.54, 1.807) is 41.5 Å². The Labute approximate surface area is 215 Å². The van der Waals surface area contributed by atoms with Gasteiger partial charge in [0.25, 0.3) is 0 Å². The van der Waals surface area contributed by atoms with E-state index in [9.17, 15) is 24.3 Å². The molecule has 36 heavy (non-hydrogen) atoms. The fourth-order valence-corrected chi connectivity index (χ4v) is 3.13. The second-order valence-corrected chi connectivity index (χ2v) is 7.76. The first kappa shape index (κ1) is 32.8. The SMILES string of the molecule is CCOC(=O)Oc1ccc(C([C@H](N)C(=O)O)[C@@H](C)[C@@H](C)OC(=O)OC(C)C)cc1OC(=O)OCC.Cl. The Morgan fingerprint density at radius 3 is 1.86 bits per heavy atom. The molecule has 1 aromatic carbocycles. The highest BCUT2D eigenvalue weighted by atomic mass is 35.5. The molecule has 0 saturated carbocycles. The van der Waals surface area contributed by atoms with Crippen LogP contribution in [0.5, 0.6) is 11.5 Å². The van der Waals surface area contributed by atoms with Crippen molar-refractivity contribution in [2.75, 3.05) is 13.2 Å². The van der Waals surface area contributed by atoms with E-state index in [0.29, 0.717) is 5.56 Å². The highest BCUT2D eigenvalue weighted by Crippen LogP contribution is 2.37. The van der Waals surface area contributed by atoms with Gasteiger partial charge in [0.2, 0.25) is 0 Å². The second kappa shape index (κ2) is 15.7. The first-order chi connectivity index (χ1) is 16.4. The lowest BCUT2D eigenvalue weighted by Gasteiger charge is -2.31. The van der Waals surface area contributed by atoms with Gasteiger partial charge in [0.1, 0.15) is 12.1 Å². The molecule has 0 radical (unpaired) electrons. The van der Waals surface area contributed by atoms with E-state index in [2.05, 4.69) is 0 Å². The fraction of sp³-hybridized carbons (Fsp3) is 0.565. The summed E-state index contributed by atoms with van der Waals surface area (Å²) >= 11 is 0. The molecule has 0 bridgehead atoms. The Kier molecular flexibility index (Phi) is 14.3. The third-order valence-electron chi connectivity index (χ3n) is 4.86. The zero-order chi connectivity index (χ0) is 26.7. The molecule has 4 atom stereocenters. The zero-order valence-electron chi connectivity index (χ0n) is 21.0. The summed E-state index contributed by atoms with van der Waals surface area (Å²) in [7, 11) is 0. The van der Waals surface area contributed by atoms with E-state index in [4.69, 9.17) is 34.2 Å². The average Bonchev–Trinajstić information content (AvgIpc) is 2.74. The van der Waals surface area contributed by atoms with E-state index in [1.807, 2.05) is 0 Å². The van der Waals surface area contributed by atoms with Crippen LogP contribution in [0.4, 0.5) is 14.4 Å². The van der Waals surface area contributed by atoms with Crippen LogP contribution >= 0.6 is 12.4 Å². The van der Waals surface area contributed by atoms with Gasteiger partial charge in [-0.25, -0.2) is 14.4 Å². The maximum Gasteiger partial charge on any atom is 0.513 e. The van der Waals surface area contributed by atoms with Crippen molar-refractivity contribution in [2.45, 2.75) is 65.7 Å². The predicted octanol–water partition coefficient (Wildman–Crippen LogP) is 4.26. The van der Waals surface area contributed by atoms with Crippen LogP contribution in [0.15, 0.2) is 18.2 Å². The molecule has 0 heterocycles. The van der Waals surface area contributed by atoms with Crippen LogP contribution in [0.3, 0.4) is 0 Å². The Balaban J connectivity index is 0.0000122. The number of aliphatic carboxylic acids is 1. The molecule has 12 nitrogen and oxygen atoms in total. The van der Waals surface area contributed by atoms with Gasteiger partial charge < -0.3 is 39.3 Å². The largest absolute Gasteiger partial charge is 0.513 e. The minimum atomic E-state index is -1.43. The Morgan fingerprint density at radius 2 is 1.39 bits per heavy atom. The van der Waals surface area contributed by atoms with Crippen molar-refractivity contribution >= 4 is 36.8 Å². The quantitative estimate of drug-likeness (QED) is 0.235. The summed E-state index contributed by atoms with van der Waals surface area (Å²) in [6.07, 6.45) is -4.23. The van der Waals surface area contributed by atoms with Crippen LogP contribution in [0.25, 0.3) is 0 Å². The zero-order valence-corrected chi connectivity index (χ0v) is 21.9. The molecule has 0 aliphatic heterocycles.